The van der Waals surface area contributed by atoms with E-state index in [-0.39, 0.29) is 10.5 Å². The highest BCUT2D eigenvalue weighted by molar-refractivity contribution is 7.89. The first-order chi connectivity index (χ1) is 18.3. The van der Waals surface area contributed by atoms with Crippen molar-refractivity contribution in [2.45, 2.75) is 17.4 Å². The van der Waals surface area contributed by atoms with Crippen LogP contribution in [0.2, 0.25) is 0 Å². The summed E-state index contributed by atoms with van der Waals surface area (Å²) >= 11 is 0. The number of aliphatic carboxylic acids is 1. The van der Waals surface area contributed by atoms with Crippen molar-refractivity contribution in [1.29, 1.82) is 0 Å². The maximum Gasteiger partial charge on any atom is 0.323 e. The third-order valence-corrected chi connectivity index (χ3v) is 6.99. The van der Waals surface area contributed by atoms with E-state index in [2.05, 4.69) is 25.3 Å². The molecule has 38 heavy (non-hydrogen) atoms. The number of rotatable bonds is 13. The Morgan fingerprint density at radius 1 is 0.974 bits per heavy atom. The van der Waals surface area contributed by atoms with Crippen molar-refractivity contribution in [2.75, 3.05) is 25.0 Å². The molecule has 0 aliphatic heterocycles. The van der Waals surface area contributed by atoms with Gasteiger partial charge in [0, 0.05) is 18.7 Å². The van der Waals surface area contributed by atoms with Crippen molar-refractivity contribution in [3.8, 4) is 5.75 Å². The summed E-state index contributed by atoms with van der Waals surface area (Å²) in [5.41, 5.74) is 2.13. The predicted octanol–water partition coefficient (Wildman–Crippen LogP) is 2.61. The van der Waals surface area contributed by atoms with Crippen molar-refractivity contribution in [3.05, 3.63) is 84.4 Å². The van der Waals surface area contributed by atoms with Crippen molar-refractivity contribution in [1.82, 2.24) is 20.0 Å². The monoisotopic (exact) mass is 537 g/mol. The largest absolute Gasteiger partial charge is 0.494 e. The highest BCUT2D eigenvalue weighted by Crippen LogP contribution is 2.15. The van der Waals surface area contributed by atoms with Gasteiger partial charge in [-0.05, 0) is 55.0 Å². The molecule has 0 saturated carbocycles. The standard InChI is InChI=1S/C26H27N5O6S/c32-24(28-17-23(25(33)34)31-38(35,36)20-7-2-1-3-8-20)18-11-13-19(14-12-18)37-16-6-15-27-26-29-21-9-4-5-10-22(21)30-26/h1-5,7-14,23,31H,6,15-17H2,(H,28,32)(H,33,34)(H2,27,29,30). The Balaban J connectivity index is 1.21. The van der Waals surface area contributed by atoms with Crippen LogP contribution < -0.4 is 20.1 Å². The number of anilines is 1. The van der Waals surface area contributed by atoms with Gasteiger partial charge in [-0.25, -0.2) is 13.4 Å². The molecule has 0 radical (unpaired) electrons. The van der Waals surface area contributed by atoms with Gasteiger partial charge in [-0.2, -0.15) is 4.72 Å². The highest BCUT2D eigenvalue weighted by atomic mass is 32.2. The minimum absolute atomic E-state index is 0.0709. The zero-order chi connectivity index (χ0) is 27.0. The number of carboxylic acids is 1. The molecule has 1 aromatic heterocycles. The van der Waals surface area contributed by atoms with Crippen molar-refractivity contribution < 1.29 is 27.9 Å². The van der Waals surface area contributed by atoms with Crippen molar-refractivity contribution in [2.24, 2.45) is 0 Å². The maximum atomic E-state index is 12.5. The molecule has 1 unspecified atom stereocenters. The Hall–Kier alpha value is -4.42. The number of nitrogens with one attached hydrogen (secondary N) is 4. The molecule has 0 saturated heterocycles. The number of imidazole rings is 1. The maximum absolute atomic E-state index is 12.5. The average molecular weight is 538 g/mol. The summed E-state index contributed by atoms with van der Waals surface area (Å²) in [4.78, 5) is 31.6. The fraction of sp³-hybridized carbons (Fsp3) is 0.192. The van der Waals surface area contributed by atoms with E-state index in [4.69, 9.17) is 4.74 Å². The van der Waals surface area contributed by atoms with E-state index in [9.17, 15) is 23.1 Å². The third kappa shape index (κ3) is 7.08. The highest BCUT2D eigenvalue weighted by Gasteiger charge is 2.26. The van der Waals surface area contributed by atoms with Gasteiger partial charge in [0.25, 0.3) is 5.91 Å². The van der Waals surface area contributed by atoms with Crippen LogP contribution in [0.5, 0.6) is 5.75 Å². The Morgan fingerprint density at radius 2 is 1.68 bits per heavy atom. The zero-order valence-electron chi connectivity index (χ0n) is 20.3. The molecule has 1 amide bonds. The van der Waals surface area contributed by atoms with Gasteiger partial charge < -0.3 is 25.5 Å². The number of nitrogens with zero attached hydrogens (tertiary/aromatic N) is 1. The molecule has 1 heterocycles. The van der Waals surface area contributed by atoms with Crippen molar-refractivity contribution >= 4 is 38.9 Å². The fourth-order valence-electron chi connectivity index (χ4n) is 3.54. The lowest BCUT2D eigenvalue weighted by atomic mass is 10.2. The average Bonchev–Trinajstić information content (AvgIpc) is 3.34. The van der Waals surface area contributed by atoms with Gasteiger partial charge >= 0.3 is 5.97 Å². The second-order valence-electron chi connectivity index (χ2n) is 8.29. The number of sulfonamides is 1. The molecule has 0 spiro atoms. The van der Waals surface area contributed by atoms with Gasteiger partial charge in [0.05, 0.1) is 22.5 Å². The number of hydrogen-bond acceptors (Lipinski definition) is 7. The van der Waals surface area contributed by atoms with E-state index in [0.717, 1.165) is 17.5 Å². The van der Waals surface area contributed by atoms with Gasteiger partial charge in [-0.3, -0.25) is 9.59 Å². The predicted molar refractivity (Wildman–Crippen MR) is 142 cm³/mol. The van der Waals surface area contributed by atoms with Crippen LogP contribution in [0.25, 0.3) is 11.0 Å². The lowest BCUT2D eigenvalue weighted by molar-refractivity contribution is -0.138. The number of aromatic nitrogens is 2. The van der Waals surface area contributed by atoms with Gasteiger partial charge in [0.15, 0.2) is 0 Å². The number of carbonyl (C=O) groups is 2. The van der Waals surface area contributed by atoms with Gasteiger partial charge in [0.2, 0.25) is 16.0 Å². The SMILES string of the molecule is O=C(NCC(NS(=O)(=O)c1ccccc1)C(=O)O)c1ccc(OCCCNc2nc3ccccc3[nH]2)cc1. The van der Waals surface area contributed by atoms with E-state index in [1.54, 1.807) is 30.3 Å². The van der Waals surface area contributed by atoms with Crippen LogP contribution in [0.4, 0.5) is 5.95 Å². The van der Waals surface area contributed by atoms with Crippen LogP contribution in [-0.4, -0.2) is 61.1 Å². The molecule has 4 rings (SSSR count). The fourth-order valence-corrected chi connectivity index (χ4v) is 4.75. The number of ether oxygens (including phenoxy) is 1. The van der Waals surface area contributed by atoms with E-state index >= 15 is 0 Å². The summed E-state index contributed by atoms with van der Waals surface area (Å²) in [6.45, 7) is 0.663. The van der Waals surface area contributed by atoms with E-state index in [1.165, 1.54) is 24.3 Å². The lowest BCUT2D eigenvalue weighted by Gasteiger charge is -2.16. The second kappa shape index (κ2) is 12.2. The molecule has 3 aromatic carbocycles. The number of carbonyl (C=O) groups excluding carboxylic acids is 1. The normalized spacial score (nSPS) is 12.1. The minimum atomic E-state index is -4.07. The number of para-hydroxylation sites is 2. The smallest absolute Gasteiger partial charge is 0.323 e. The van der Waals surface area contributed by atoms with Crippen LogP contribution in [0.15, 0.2) is 83.8 Å². The molecule has 1 atom stereocenters. The molecule has 11 nitrogen and oxygen atoms in total. The Bertz CT molecular complexity index is 1460. The number of fused-ring (bicyclic) bond motifs is 1. The minimum Gasteiger partial charge on any atom is -0.494 e. The lowest BCUT2D eigenvalue weighted by Crippen LogP contribution is -2.48. The molecule has 0 aliphatic rings. The van der Waals surface area contributed by atoms with E-state index < -0.39 is 34.5 Å². The molecule has 4 aromatic rings. The van der Waals surface area contributed by atoms with E-state index in [0.29, 0.717) is 24.8 Å². The summed E-state index contributed by atoms with van der Waals surface area (Å²) in [5, 5.41) is 15.1. The van der Waals surface area contributed by atoms with Crippen LogP contribution in [0.3, 0.4) is 0 Å². The van der Waals surface area contributed by atoms with Crippen LogP contribution >= 0.6 is 0 Å². The number of aromatic amines is 1. The second-order valence-corrected chi connectivity index (χ2v) is 10.0. The number of amides is 1. The number of H-pyrrole nitrogens is 1. The van der Waals surface area contributed by atoms with Crippen LogP contribution in [0, 0.1) is 0 Å². The first kappa shape index (κ1) is 26.6. The summed E-state index contributed by atoms with van der Waals surface area (Å²) in [6, 6.07) is 20.0. The number of carboxylic acid groups (broad SMARTS) is 1. The topological polar surface area (TPSA) is 163 Å². The Labute approximate surface area is 219 Å². The Kier molecular flexibility index (Phi) is 8.56. The molecule has 198 valence electrons. The van der Waals surface area contributed by atoms with Crippen LogP contribution in [0.1, 0.15) is 16.8 Å². The number of hydrogen-bond donors (Lipinski definition) is 5. The zero-order valence-corrected chi connectivity index (χ0v) is 21.1. The van der Waals surface area contributed by atoms with Crippen LogP contribution in [-0.2, 0) is 14.8 Å². The summed E-state index contributed by atoms with van der Waals surface area (Å²) < 4.78 is 32.7. The molecular formula is C26H27N5O6S. The molecule has 12 heteroatoms. The van der Waals surface area contributed by atoms with Gasteiger partial charge in [-0.1, -0.05) is 30.3 Å². The molecule has 0 fully saturated rings. The Morgan fingerprint density at radius 3 is 2.39 bits per heavy atom. The molecule has 0 bridgehead atoms. The quantitative estimate of drug-likeness (QED) is 0.163. The first-order valence-corrected chi connectivity index (χ1v) is 13.3. The van der Waals surface area contributed by atoms with Gasteiger partial charge in [0.1, 0.15) is 11.8 Å². The molecule has 5 N–H and O–H groups in total. The number of benzene rings is 3. The summed E-state index contributed by atoms with van der Waals surface area (Å²) in [6.07, 6.45) is 0.717. The summed E-state index contributed by atoms with van der Waals surface area (Å²) in [5.74, 6) is -0.691. The summed E-state index contributed by atoms with van der Waals surface area (Å²) in [7, 11) is -4.07. The first-order valence-electron chi connectivity index (χ1n) is 11.8. The molecular weight excluding hydrogens is 510 g/mol. The third-order valence-electron chi connectivity index (χ3n) is 5.50. The van der Waals surface area contributed by atoms with Gasteiger partial charge in [-0.15, -0.1) is 0 Å². The van der Waals surface area contributed by atoms with E-state index in [1.807, 2.05) is 24.3 Å². The molecule has 0 aliphatic carbocycles. The van der Waals surface area contributed by atoms with Crippen molar-refractivity contribution in [3.63, 3.8) is 0 Å².